The van der Waals surface area contributed by atoms with E-state index in [1.54, 1.807) is 11.8 Å². The number of rotatable bonds is 4. The summed E-state index contributed by atoms with van der Waals surface area (Å²) in [7, 11) is 0. The first kappa shape index (κ1) is 11.5. The van der Waals surface area contributed by atoms with Gasteiger partial charge in [0.25, 0.3) is 0 Å². The van der Waals surface area contributed by atoms with Gasteiger partial charge in [-0.2, -0.15) is 0 Å². The molecule has 0 aromatic carbocycles. The van der Waals surface area contributed by atoms with Gasteiger partial charge in [-0.05, 0) is 42.7 Å². The van der Waals surface area contributed by atoms with Crippen LogP contribution in [0.4, 0.5) is 0 Å². The number of thioether (sulfide) groups is 1. The lowest BCUT2D eigenvalue weighted by Crippen LogP contribution is -2.24. The van der Waals surface area contributed by atoms with Gasteiger partial charge < -0.3 is 5.32 Å². The molecule has 0 amide bonds. The molecule has 0 bridgehead atoms. The first-order chi connectivity index (χ1) is 8.43. The van der Waals surface area contributed by atoms with E-state index in [-0.39, 0.29) is 0 Å². The van der Waals surface area contributed by atoms with Crippen LogP contribution in [0.15, 0.2) is 5.16 Å². The summed E-state index contributed by atoms with van der Waals surface area (Å²) < 4.78 is 2.05. The first-order valence-corrected chi connectivity index (χ1v) is 7.56. The van der Waals surface area contributed by atoms with E-state index in [1.165, 1.54) is 45.1 Å². The van der Waals surface area contributed by atoms with Crippen LogP contribution in [0, 0.1) is 0 Å². The predicted octanol–water partition coefficient (Wildman–Crippen LogP) is 1.63. The third-order valence-electron chi connectivity index (χ3n) is 3.71. The largest absolute Gasteiger partial charge is 0.313 e. The fraction of sp³-hybridized carbons (Fsp3) is 0.909. The molecule has 3 rings (SSSR count). The fourth-order valence-electron chi connectivity index (χ4n) is 2.73. The van der Waals surface area contributed by atoms with Crippen molar-refractivity contribution in [2.24, 2.45) is 0 Å². The Hall–Kier alpha value is -0.620. The zero-order chi connectivity index (χ0) is 11.5. The fourth-order valence-corrected chi connectivity index (χ4v) is 3.78. The SMILES string of the molecule is C1CCC(n2nnnc2SC[C@@H]2CCCN2)C1. The molecule has 1 N–H and O–H groups in total. The maximum Gasteiger partial charge on any atom is 0.209 e. The van der Waals surface area contributed by atoms with Crippen LogP contribution in [0.5, 0.6) is 0 Å². The van der Waals surface area contributed by atoms with Crippen LogP contribution in [0.1, 0.15) is 44.6 Å². The van der Waals surface area contributed by atoms with Crippen LogP contribution in [-0.2, 0) is 0 Å². The van der Waals surface area contributed by atoms with Gasteiger partial charge in [-0.15, -0.1) is 5.10 Å². The molecule has 2 aliphatic rings. The minimum atomic E-state index is 0.545. The van der Waals surface area contributed by atoms with Crippen molar-refractivity contribution in [3.63, 3.8) is 0 Å². The normalized spacial score (nSPS) is 25.8. The zero-order valence-corrected chi connectivity index (χ0v) is 10.8. The summed E-state index contributed by atoms with van der Waals surface area (Å²) in [4.78, 5) is 0. The van der Waals surface area contributed by atoms with Crippen LogP contribution in [0.3, 0.4) is 0 Å². The molecule has 1 aromatic heterocycles. The summed E-state index contributed by atoms with van der Waals surface area (Å²) >= 11 is 1.80. The van der Waals surface area contributed by atoms with E-state index >= 15 is 0 Å². The van der Waals surface area contributed by atoms with Gasteiger partial charge in [-0.25, -0.2) is 4.68 Å². The van der Waals surface area contributed by atoms with Crippen molar-refractivity contribution in [3.8, 4) is 0 Å². The lowest BCUT2D eigenvalue weighted by Gasteiger charge is -2.12. The molecule has 0 radical (unpaired) electrons. The van der Waals surface area contributed by atoms with Crippen LogP contribution in [-0.4, -0.2) is 38.5 Å². The quantitative estimate of drug-likeness (QED) is 0.827. The number of tetrazole rings is 1. The lowest BCUT2D eigenvalue weighted by molar-refractivity contribution is 0.423. The molecule has 17 heavy (non-hydrogen) atoms. The van der Waals surface area contributed by atoms with E-state index in [4.69, 9.17) is 0 Å². The summed E-state index contributed by atoms with van der Waals surface area (Å²) in [5.74, 6) is 1.09. The molecule has 1 aromatic rings. The molecule has 1 aliphatic heterocycles. The van der Waals surface area contributed by atoms with Gasteiger partial charge in [-0.3, -0.25) is 0 Å². The van der Waals surface area contributed by atoms with Gasteiger partial charge in [0.2, 0.25) is 5.16 Å². The van der Waals surface area contributed by atoms with E-state index < -0.39 is 0 Å². The van der Waals surface area contributed by atoms with Crippen molar-refractivity contribution in [1.82, 2.24) is 25.5 Å². The Kier molecular flexibility index (Phi) is 3.61. The van der Waals surface area contributed by atoms with Crippen molar-refractivity contribution >= 4 is 11.8 Å². The Labute approximate surface area is 106 Å². The maximum atomic E-state index is 4.16. The average Bonchev–Trinajstić information content (AvgIpc) is 3.09. The molecular weight excluding hydrogens is 234 g/mol. The molecule has 6 heteroatoms. The Bertz CT molecular complexity index is 354. The summed E-state index contributed by atoms with van der Waals surface area (Å²) in [6.07, 6.45) is 7.70. The van der Waals surface area contributed by atoms with Gasteiger partial charge in [0, 0.05) is 11.8 Å². The first-order valence-electron chi connectivity index (χ1n) is 6.57. The topological polar surface area (TPSA) is 55.6 Å². The molecule has 1 saturated heterocycles. The number of nitrogens with zero attached hydrogens (tertiary/aromatic N) is 4. The standard InChI is InChI=1S/C11H19N5S/c1-2-6-10(5-1)16-11(13-14-15-16)17-8-9-4-3-7-12-9/h9-10,12H,1-8H2/t9-/m0/s1. The third-order valence-corrected chi connectivity index (χ3v) is 4.81. The summed E-state index contributed by atoms with van der Waals surface area (Å²) in [6.45, 7) is 1.17. The van der Waals surface area contributed by atoms with Crippen molar-refractivity contribution in [3.05, 3.63) is 0 Å². The van der Waals surface area contributed by atoms with Gasteiger partial charge in [0.1, 0.15) is 0 Å². The Balaban J connectivity index is 1.60. The number of nitrogens with one attached hydrogen (secondary N) is 1. The molecule has 94 valence electrons. The third kappa shape index (κ3) is 2.63. The molecule has 0 spiro atoms. The van der Waals surface area contributed by atoms with Crippen LogP contribution in [0.2, 0.25) is 0 Å². The maximum absolute atomic E-state index is 4.16. The molecular formula is C11H19N5S. The van der Waals surface area contributed by atoms with Gasteiger partial charge >= 0.3 is 0 Å². The van der Waals surface area contributed by atoms with Crippen molar-refractivity contribution in [1.29, 1.82) is 0 Å². The second-order valence-electron chi connectivity index (χ2n) is 4.95. The van der Waals surface area contributed by atoms with Gasteiger partial charge in [0.05, 0.1) is 6.04 Å². The lowest BCUT2D eigenvalue weighted by atomic mass is 10.3. The Morgan fingerprint density at radius 2 is 2.12 bits per heavy atom. The van der Waals surface area contributed by atoms with Crippen molar-refractivity contribution in [2.45, 2.75) is 55.8 Å². The highest BCUT2D eigenvalue weighted by Crippen LogP contribution is 2.31. The number of hydrogen-bond acceptors (Lipinski definition) is 5. The zero-order valence-electron chi connectivity index (χ0n) is 10.0. The van der Waals surface area contributed by atoms with Gasteiger partial charge in [0.15, 0.2) is 0 Å². The molecule has 1 atom stereocenters. The van der Waals surface area contributed by atoms with Crippen LogP contribution in [0.25, 0.3) is 0 Å². The highest BCUT2D eigenvalue weighted by molar-refractivity contribution is 7.99. The summed E-state index contributed by atoms with van der Waals surface area (Å²) in [5.41, 5.74) is 0. The molecule has 0 unspecified atom stereocenters. The van der Waals surface area contributed by atoms with E-state index in [0.717, 1.165) is 10.9 Å². The highest BCUT2D eigenvalue weighted by Gasteiger charge is 2.22. The number of hydrogen-bond donors (Lipinski definition) is 1. The van der Waals surface area contributed by atoms with E-state index in [0.29, 0.717) is 12.1 Å². The smallest absolute Gasteiger partial charge is 0.209 e. The van der Waals surface area contributed by atoms with Gasteiger partial charge in [-0.1, -0.05) is 24.6 Å². The monoisotopic (exact) mass is 253 g/mol. The number of aromatic nitrogens is 4. The Morgan fingerprint density at radius 3 is 2.88 bits per heavy atom. The Morgan fingerprint density at radius 1 is 1.24 bits per heavy atom. The summed E-state index contributed by atoms with van der Waals surface area (Å²) in [5, 5.41) is 16.7. The second-order valence-corrected chi connectivity index (χ2v) is 5.94. The average molecular weight is 253 g/mol. The van der Waals surface area contributed by atoms with E-state index in [1.807, 2.05) is 4.68 Å². The molecule has 2 fully saturated rings. The molecule has 2 heterocycles. The van der Waals surface area contributed by atoms with Crippen molar-refractivity contribution in [2.75, 3.05) is 12.3 Å². The molecule has 1 aliphatic carbocycles. The molecule has 1 saturated carbocycles. The minimum absolute atomic E-state index is 0.545. The van der Waals surface area contributed by atoms with Crippen LogP contribution >= 0.6 is 11.8 Å². The summed E-state index contributed by atoms with van der Waals surface area (Å²) in [6, 6.07) is 1.19. The van der Waals surface area contributed by atoms with Crippen LogP contribution < -0.4 is 5.32 Å². The molecule has 5 nitrogen and oxygen atoms in total. The minimum Gasteiger partial charge on any atom is -0.313 e. The predicted molar refractivity (Wildman–Crippen MR) is 67.1 cm³/mol. The van der Waals surface area contributed by atoms with E-state index in [2.05, 4.69) is 20.8 Å². The highest BCUT2D eigenvalue weighted by atomic mass is 32.2. The second kappa shape index (κ2) is 5.35. The van der Waals surface area contributed by atoms with E-state index in [9.17, 15) is 0 Å². The van der Waals surface area contributed by atoms with Crippen molar-refractivity contribution < 1.29 is 0 Å².